The zero-order valence-electron chi connectivity index (χ0n) is 11.2. The van der Waals surface area contributed by atoms with Gasteiger partial charge in [0.15, 0.2) is 0 Å². The minimum absolute atomic E-state index is 0.314. The number of nitrogens with zero attached hydrogens (tertiary/aromatic N) is 2. The van der Waals surface area contributed by atoms with Crippen LogP contribution < -0.4 is 10.5 Å². The molecule has 0 bridgehead atoms. The first-order valence-corrected chi connectivity index (χ1v) is 5.93. The number of benzene rings is 1. The largest absolute Gasteiger partial charge is 0.437 e. The maximum atomic E-state index is 9.06. The fraction of sp³-hybridized carbons (Fsp3) is 0.200. The van der Waals surface area contributed by atoms with Crippen LogP contribution in [0.2, 0.25) is 0 Å². The van der Waals surface area contributed by atoms with Crippen molar-refractivity contribution in [1.82, 2.24) is 4.98 Å². The lowest BCUT2D eigenvalue weighted by atomic mass is 10.1. The Hall–Kier alpha value is -2.54. The highest BCUT2D eigenvalue weighted by Crippen LogP contribution is 2.29. The predicted molar refractivity (Wildman–Crippen MR) is 74.1 cm³/mol. The van der Waals surface area contributed by atoms with Crippen molar-refractivity contribution in [3.05, 3.63) is 46.6 Å². The molecule has 1 aromatic heterocycles. The molecule has 0 unspecified atom stereocenters. The average molecular weight is 253 g/mol. The summed E-state index contributed by atoms with van der Waals surface area (Å²) >= 11 is 0. The standard InChI is InChI=1S/C15H15N3O/c1-9-6-10(2)14(7-13(9)17)19-15-12(8-16)5-4-11(3)18-15/h4-7H,17H2,1-3H3. The summed E-state index contributed by atoms with van der Waals surface area (Å²) in [5.74, 6) is 0.937. The Morgan fingerprint density at radius 2 is 1.89 bits per heavy atom. The molecule has 0 aliphatic carbocycles. The molecule has 0 fully saturated rings. The molecule has 19 heavy (non-hydrogen) atoms. The van der Waals surface area contributed by atoms with Crippen molar-refractivity contribution in [1.29, 1.82) is 5.26 Å². The summed E-state index contributed by atoms with van der Waals surface area (Å²) < 4.78 is 5.73. The highest BCUT2D eigenvalue weighted by atomic mass is 16.5. The van der Waals surface area contributed by atoms with E-state index in [9.17, 15) is 0 Å². The van der Waals surface area contributed by atoms with Gasteiger partial charge in [0.25, 0.3) is 0 Å². The van der Waals surface area contributed by atoms with Crippen LogP contribution in [-0.2, 0) is 0 Å². The first-order valence-electron chi connectivity index (χ1n) is 5.93. The van der Waals surface area contributed by atoms with Gasteiger partial charge in [-0.25, -0.2) is 4.98 Å². The molecule has 4 heteroatoms. The SMILES string of the molecule is Cc1ccc(C#N)c(Oc2cc(N)c(C)cc2C)n1. The zero-order valence-corrected chi connectivity index (χ0v) is 11.2. The van der Waals surface area contributed by atoms with Gasteiger partial charge in [-0.2, -0.15) is 5.26 Å². The smallest absolute Gasteiger partial charge is 0.237 e. The van der Waals surface area contributed by atoms with Gasteiger partial charge in [0.1, 0.15) is 17.4 Å². The summed E-state index contributed by atoms with van der Waals surface area (Å²) in [6.45, 7) is 5.73. The Morgan fingerprint density at radius 3 is 2.58 bits per heavy atom. The Kier molecular flexibility index (Phi) is 3.39. The molecular formula is C15H15N3O. The maximum absolute atomic E-state index is 9.06. The summed E-state index contributed by atoms with van der Waals surface area (Å²) in [4.78, 5) is 4.25. The molecule has 0 radical (unpaired) electrons. The second-order valence-electron chi connectivity index (χ2n) is 4.49. The Balaban J connectivity index is 2.45. The number of hydrogen-bond donors (Lipinski definition) is 1. The van der Waals surface area contributed by atoms with E-state index in [-0.39, 0.29) is 0 Å². The summed E-state index contributed by atoms with van der Waals surface area (Å²) in [5, 5.41) is 9.06. The van der Waals surface area contributed by atoms with Crippen molar-refractivity contribution in [2.45, 2.75) is 20.8 Å². The van der Waals surface area contributed by atoms with Crippen LogP contribution >= 0.6 is 0 Å². The van der Waals surface area contributed by atoms with Gasteiger partial charge >= 0.3 is 0 Å². The van der Waals surface area contributed by atoms with Gasteiger partial charge in [-0.15, -0.1) is 0 Å². The number of nitriles is 1. The quantitative estimate of drug-likeness (QED) is 0.834. The number of hydrogen-bond acceptors (Lipinski definition) is 4. The highest BCUT2D eigenvalue weighted by Gasteiger charge is 2.10. The van der Waals surface area contributed by atoms with E-state index < -0.39 is 0 Å². The van der Waals surface area contributed by atoms with Crippen LogP contribution in [0.4, 0.5) is 5.69 Å². The van der Waals surface area contributed by atoms with Crippen molar-refractivity contribution >= 4 is 5.69 Å². The first kappa shape index (κ1) is 12.9. The molecule has 1 aromatic carbocycles. The van der Waals surface area contributed by atoms with Gasteiger partial charge in [0, 0.05) is 17.4 Å². The lowest BCUT2D eigenvalue weighted by Gasteiger charge is -2.11. The van der Waals surface area contributed by atoms with Crippen LogP contribution in [0.15, 0.2) is 24.3 Å². The van der Waals surface area contributed by atoms with Crippen LogP contribution in [0.5, 0.6) is 11.6 Å². The molecule has 0 aliphatic rings. The third-order valence-electron chi connectivity index (χ3n) is 2.89. The first-order chi connectivity index (χ1) is 9.01. The average Bonchev–Trinajstić information content (AvgIpc) is 2.36. The van der Waals surface area contributed by atoms with E-state index in [0.717, 1.165) is 16.8 Å². The van der Waals surface area contributed by atoms with Crippen LogP contribution in [-0.4, -0.2) is 4.98 Å². The summed E-state index contributed by atoms with van der Waals surface area (Å²) in [5.41, 5.74) is 9.70. The van der Waals surface area contributed by atoms with E-state index in [1.165, 1.54) is 0 Å². The van der Waals surface area contributed by atoms with Gasteiger partial charge < -0.3 is 10.5 Å². The van der Waals surface area contributed by atoms with Crippen LogP contribution in [0.25, 0.3) is 0 Å². The molecule has 0 atom stereocenters. The van der Waals surface area contributed by atoms with Crippen molar-refractivity contribution < 1.29 is 4.74 Å². The monoisotopic (exact) mass is 253 g/mol. The number of aromatic nitrogens is 1. The summed E-state index contributed by atoms with van der Waals surface area (Å²) in [6, 6.07) is 9.26. The number of nitrogen functional groups attached to an aromatic ring is 1. The fourth-order valence-corrected chi connectivity index (χ4v) is 1.76. The minimum Gasteiger partial charge on any atom is -0.437 e. The van der Waals surface area contributed by atoms with Gasteiger partial charge in [0.05, 0.1) is 0 Å². The van der Waals surface area contributed by atoms with E-state index >= 15 is 0 Å². The lowest BCUT2D eigenvalue weighted by Crippen LogP contribution is -1.97. The van der Waals surface area contributed by atoms with E-state index in [1.807, 2.05) is 26.8 Å². The highest BCUT2D eigenvalue weighted by molar-refractivity contribution is 5.55. The molecule has 2 aromatic rings. The van der Waals surface area contributed by atoms with Gasteiger partial charge in [-0.05, 0) is 44.0 Å². The number of rotatable bonds is 2. The second kappa shape index (κ2) is 4.99. The van der Waals surface area contributed by atoms with E-state index in [4.69, 9.17) is 15.7 Å². The summed E-state index contributed by atoms with van der Waals surface area (Å²) in [7, 11) is 0. The van der Waals surface area contributed by atoms with Crippen molar-refractivity contribution in [2.75, 3.05) is 5.73 Å². The molecule has 0 spiro atoms. The van der Waals surface area contributed by atoms with Crippen LogP contribution in [0.3, 0.4) is 0 Å². The van der Waals surface area contributed by atoms with Crippen LogP contribution in [0, 0.1) is 32.1 Å². The molecule has 0 amide bonds. The second-order valence-corrected chi connectivity index (χ2v) is 4.49. The number of pyridine rings is 1. The number of aryl methyl sites for hydroxylation is 3. The molecule has 0 saturated heterocycles. The van der Waals surface area contributed by atoms with Crippen molar-refractivity contribution in [3.8, 4) is 17.7 Å². The normalized spacial score (nSPS) is 10.0. The zero-order chi connectivity index (χ0) is 14.0. The molecule has 1 heterocycles. The van der Waals surface area contributed by atoms with E-state index in [2.05, 4.69) is 11.1 Å². The molecule has 2 N–H and O–H groups in total. The lowest BCUT2D eigenvalue weighted by molar-refractivity contribution is 0.457. The fourth-order valence-electron chi connectivity index (χ4n) is 1.76. The maximum Gasteiger partial charge on any atom is 0.237 e. The Labute approximate surface area is 112 Å². The molecule has 2 rings (SSSR count). The Morgan fingerprint density at radius 1 is 1.16 bits per heavy atom. The van der Waals surface area contributed by atoms with E-state index in [0.29, 0.717) is 22.9 Å². The number of nitrogens with two attached hydrogens (primary N) is 1. The topological polar surface area (TPSA) is 71.9 Å². The molecule has 0 aliphatic heterocycles. The Bertz CT molecular complexity index is 672. The number of ether oxygens (including phenoxy) is 1. The number of anilines is 1. The predicted octanol–water partition coefficient (Wildman–Crippen LogP) is 3.25. The van der Waals surface area contributed by atoms with Gasteiger partial charge in [-0.1, -0.05) is 6.07 Å². The summed E-state index contributed by atoms with van der Waals surface area (Å²) in [6.07, 6.45) is 0. The molecular weight excluding hydrogens is 238 g/mol. The third kappa shape index (κ3) is 2.66. The van der Waals surface area contributed by atoms with Crippen LogP contribution in [0.1, 0.15) is 22.4 Å². The molecule has 0 saturated carbocycles. The third-order valence-corrected chi connectivity index (χ3v) is 2.89. The van der Waals surface area contributed by atoms with Crippen molar-refractivity contribution in [2.24, 2.45) is 0 Å². The minimum atomic E-state index is 0.314. The molecule has 4 nitrogen and oxygen atoms in total. The van der Waals surface area contributed by atoms with E-state index in [1.54, 1.807) is 18.2 Å². The molecule has 96 valence electrons. The van der Waals surface area contributed by atoms with Gasteiger partial charge in [0.2, 0.25) is 5.88 Å². The van der Waals surface area contributed by atoms with Crippen molar-refractivity contribution in [3.63, 3.8) is 0 Å². The van der Waals surface area contributed by atoms with Gasteiger partial charge in [-0.3, -0.25) is 0 Å².